The zero-order valence-corrected chi connectivity index (χ0v) is 13.7. The molecule has 0 saturated carbocycles. The third kappa shape index (κ3) is 2.31. The molecule has 1 aliphatic heterocycles. The smallest absolute Gasteiger partial charge is 0.226 e. The summed E-state index contributed by atoms with van der Waals surface area (Å²) in [7, 11) is 0. The molecule has 1 amide bonds. The first-order chi connectivity index (χ1) is 11.7. The molecule has 2 N–H and O–H groups in total. The maximum Gasteiger partial charge on any atom is 0.226 e. The molecule has 0 bridgehead atoms. The van der Waals surface area contributed by atoms with Gasteiger partial charge in [-0.2, -0.15) is 5.10 Å². The average molecular weight is 321 g/mol. The van der Waals surface area contributed by atoms with Crippen LogP contribution in [0.25, 0.3) is 5.69 Å². The number of nitrogens with one attached hydrogen (secondary N) is 2. The Labute approximate surface area is 139 Å². The molecular formula is C18H19N5O. The van der Waals surface area contributed by atoms with Crippen LogP contribution in [0.15, 0.2) is 36.5 Å². The molecule has 2 aromatic heterocycles. The first kappa shape index (κ1) is 14.7. The van der Waals surface area contributed by atoms with Crippen LogP contribution in [-0.2, 0) is 11.2 Å². The second kappa shape index (κ2) is 5.63. The fourth-order valence-electron chi connectivity index (χ4n) is 3.27. The van der Waals surface area contributed by atoms with Crippen molar-refractivity contribution in [3.05, 3.63) is 59.3 Å². The van der Waals surface area contributed by atoms with Crippen molar-refractivity contribution in [3.63, 3.8) is 0 Å². The minimum atomic E-state index is -0.0669. The molecule has 6 heteroatoms. The molecule has 0 radical (unpaired) electrons. The van der Waals surface area contributed by atoms with Crippen molar-refractivity contribution in [1.29, 1.82) is 0 Å². The maximum atomic E-state index is 12.3. The minimum absolute atomic E-state index is 0.00868. The number of carbonyl (C=O) groups excluding carboxylic acids is 1. The minimum Gasteiger partial charge on any atom is -0.346 e. The molecule has 0 fully saturated rings. The predicted molar refractivity (Wildman–Crippen MR) is 91.4 cm³/mol. The molecule has 6 nitrogen and oxygen atoms in total. The molecule has 0 aliphatic carbocycles. The number of hydrogen-bond acceptors (Lipinski definition) is 3. The topological polar surface area (TPSA) is 75.6 Å². The highest BCUT2D eigenvalue weighted by atomic mass is 16.1. The van der Waals surface area contributed by atoms with E-state index in [1.165, 1.54) is 0 Å². The van der Waals surface area contributed by atoms with Crippen LogP contribution >= 0.6 is 0 Å². The van der Waals surface area contributed by atoms with E-state index in [-0.39, 0.29) is 11.8 Å². The lowest BCUT2D eigenvalue weighted by Crippen LogP contribution is -2.25. The standard InChI is InChI=1S/C18H19N5O/c1-3-15-20-11(2)17(21-15)13-9-16(24)22-18-14(13)10-19-23(18)12-7-5-4-6-8-12/h4-8,10,13H,3,9H2,1-2H3,(H,20,21)(H,22,24)/t13-/m0/s1. The lowest BCUT2D eigenvalue weighted by Gasteiger charge is -2.22. The first-order valence-electron chi connectivity index (χ1n) is 8.16. The highest BCUT2D eigenvalue weighted by Crippen LogP contribution is 2.38. The van der Waals surface area contributed by atoms with E-state index in [1.54, 1.807) is 4.68 Å². The van der Waals surface area contributed by atoms with Gasteiger partial charge in [0.1, 0.15) is 11.6 Å². The van der Waals surface area contributed by atoms with Crippen LogP contribution in [-0.4, -0.2) is 25.7 Å². The number of hydrogen-bond donors (Lipinski definition) is 2. The number of fused-ring (bicyclic) bond motifs is 1. The number of anilines is 1. The molecule has 1 atom stereocenters. The van der Waals surface area contributed by atoms with Crippen LogP contribution in [0.2, 0.25) is 0 Å². The van der Waals surface area contributed by atoms with E-state index in [0.717, 1.165) is 40.7 Å². The van der Waals surface area contributed by atoms with Gasteiger partial charge in [0.25, 0.3) is 0 Å². The van der Waals surface area contributed by atoms with Gasteiger partial charge in [0.2, 0.25) is 5.91 Å². The lowest BCUT2D eigenvalue weighted by molar-refractivity contribution is -0.116. The first-order valence-corrected chi connectivity index (χ1v) is 8.16. The molecule has 1 aromatic carbocycles. The van der Waals surface area contributed by atoms with Crippen molar-refractivity contribution in [2.75, 3.05) is 5.32 Å². The summed E-state index contributed by atoms with van der Waals surface area (Å²) in [6, 6.07) is 9.81. The van der Waals surface area contributed by atoms with Gasteiger partial charge < -0.3 is 10.3 Å². The third-order valence-corrected chi connectivity index (χ3v) is 4.46. The lowest BCUT2D eigenvalue weighted by atomic mass is 9.90. The number of imidazole rings is 1. The van der Waals surface area contributed by atoms with Gasteiger partial charge in [0.05, 0.1) is 17.6 Å². The highest BCUT2D eigenvalue weighted by Gasteiger charge is 2.32. The number of benzene rings is 1. The summed E-state index contributed by atoms with van der Waals surface area (Å²) in [4.78, 5) is 20.3. The van der Waals surface area contributed by atoms with Crippen molar-refractivity contribution in [1.82, 2.24) is 19.7 Å². The van der Waals surface area contributed by atoms with Gasteiger partial charge in [-0.15, -0.1) is 0 Å². The van der Waals surface area contributed by atoms with E-state index in [9.17, 15) is 4.79 Å². The molecule has 0 saturated heterocycles. The normalized spacial score (nSPS) is 16.8. The van der Waals surface area contributed by atoms with Gasteiger partial charge in [-0.25, -0.2) is 9.67 Å². The number of H-pyrrole nitrogens is 1. The molecule has 0 unspecified atom stereocenters. The Kier molecular flexibility index (Phi) is 3.45. The summed E-state index contributed by atoms with van der Waals surface area (Å²) < 4.78 is 1.78. The molecule has 3 heterocycles. The van der Waals surface area contributed by atoms with Crippen LogP contribution in [0.3, 0.4) is 0 Å². The van der Waals surface area contributed by atoms with E-state index < -0.39 is 0 Å². The summed E-state index contributed by atoms with van der Waals surface area (Å²) in [6.45, 7) is 4.07. The number of rotatable bonds is 3. The van der Waals surface area contributed by atoms with Crippen LogP contribution < -0.4 is 5.32 Å². The van der Waals surface area contributed by atoms with E-state index in [2.05, 4.69) is 22.3 Å². The second-order valence-electron chi connectivity index (χ2n) is 6.05. The Balaban J connectivity index is 1.82. The largest absolute Gasteiger partial charge is 0.346 e. The van der Waals surface area contributed by atoms with E-state index in [1.807, 2.05) is 43.5 Å². The number of para-hydroxylation sites is 1. The van der Waals surface area contributed by atoms with Crippen LogP contribution in [0, 0.1) is 6.92 Å². The molecule has 3 aromatic rings. The third-order valence-electron chi connectivity index (χ3n) is 4.46. The molecule has 0 spiro atoms. The van der Waals surface area contributed by atoms with Crippen LogP contribution in [0.5, 0.6) is 0 Å². The summed E-state index contributed by atoms with van der Waals surface area (Å²) in [5.74, 6) is 1.61. The fourth-order valence-corrected chi connectivity index (χ4v) is 3.27. The molecular weight excluding hydrogens is 302 g/mol. The molecule has 4 rings (SSSR count). The van der Waals surface area contributed by atoms with Crippen LogP contribution in [0.4, 0.5) is 5.82 Å². The fraction of sp³-hybridized carbons (Fsp3) is 0.278. The van der Waals surface area contributed by atoms with Gasteiger partial charge in [-0.1, -0.05) is 25.1 Å². The number of aryl methyl sites for hydroxylation is 2. The molecule has 122 valence electrons. The van der Waals surface area contributed by atoms with Gasteiger partial charge in [0, 0.05) is 30.0 Å². The number of aromatic amines is 1. The average Bonchev–Trinajstić information content (AvgIpc) is 3.18. The van der Waals surface area contributed by atoms with Crippen molar-refractivity contribution in [2.24, 2.45) is 0 Å². The maximum absolute atomic E-state index is 12.3. The Bertz CT molecular complexity index is 894. The highest BCUT2D eigenvalue weighted by molar-refractivity contribution is 5.94. The van der Waals surface area contributed by atoms with Crippen molar-refractivity contribution < 1.29 is 4.79 Å². The summed E-state index contributed by atoms with van der Waals surface area (Å²) in [6.07, 6.45) is 3.07. The summed E-state index contributed by atoms with van der Waals surface area (Å²) in [5, 5.41) is 7.47. The van der Waals surface area contributed by atoms with Crippen molar-refractivity contribution in [3.8, 4) is 5.69 Å². The number of aromatic nitrogens is 4. The Morgan fingerprint density at radius 2 is 2.08 bits per heavy atom. The van der Waals surface area contributed by atoms with Gasteiger partial charge in [-0.05, 0) is 19.1 Å². The zero-order chi connectivity index (χ0) is 16.7. The van der Waals surface area contributed by atoms with Gasteiger partial charge in [0.15, 0.2) is 0 Å². The molecule has 24 heavy (non-hydrogen) atoms. The molecule has 1 aliphatic rings. The summed E-state index contributed by atoms with van der Waals surface area (Å²) in [5.41, 5.74) is 3.89. The Morgan fingerprint density at radius 3 is 2.79 bits per heavy atom. The monoisotopic (exact) mass is 321 g/mol. The zero-order valence-electron chi connectivity index (χ0n) is 13.7. The number of nitrogens with zero attached hydrogens (tertiary/aromatic N) is 3. The number of carbonyl (C=O) groups is 1. The SMILES string of the molecule is CCc1nc([C@H]2CC(=O)Nc3c2cnn3-c2ccccc2)c(C)[nH]1. The van der Waals surface area contributed by atoms with E-state index >= 15 is 0 Å². The Morgan fingerprint density at radius 1 is 1.29 bits per heavy atom. The number of amides is 1. The quantitative estimate of drug-likeness (QED) is 0.779. The summed E-state index contributed by atoms with van der Waals surface area (Å²) >= 11 is 0. The van der Waals surface area contributed by atoms with Gasteiger partial charge >= 0.3 is 0 Å². The van der Waals surface area contributed by atoms with Crippen molar-refractivity contribution >= 4 is 11.7 Å². The van der Waals surface area contributed by atoms with E-state index in [4.69, 9.17) is 4.98 Å². The second-order valence-corrected chi connectivity index (χ2v) is 6.05. The van der Waals surface area contributed by atoms with Crippen molar-refractivity contribution in [2.45, 2.75) is 32.6 Å². The Hall–Kier alpha value is -2.89. The van der Waals surface area contributed by atoms with E-state index in [0.29, 0.717) is 6.42 Å². The van der Waals surface area contributed by atoms with Crippen LogP contribution in [0.1, 0.15) is 42.0 Å². The predicted octanol–water partition coefficient (Wildman–Crippen LogP) is 2.94. The van der Waals surface area contributed by atoms with Gasteiger partial charge in [-0.3, -0.25) is 4.79 Å².